The highest BCUT2D eigenvalue weighted by Gasteiger charge is 2.23. The molecule has 0 bridgehead atoms. The average molecular weight is 325 g/mol. The number of hydrogen-bond donors (Lipinski definition) is 0. The first kappa shape index (κ1) is 14.1. The summed E-state index contributed by atoms with van der Waals surface area (Å²) in [7, 11) is 0. The minimum atomic E-state index is 0.366. The standard InChI is InChI=1S/C16H14Cl2OS/c17-8-13-14(18)5-3-6-15(13)19-9-11-10-20-16-7-2-1-4-12(11)16/h1-7,11H,8-10H2. The van der Waals surface area contributed by atoms with Crippen molar-refractivity contribution in [3.8, 4) is 5.75 Å². The lowest BCUT2D eigenvalue weighted by atomic mass is 10.0. The fourth-order valence-corrected chi connectivity index (χ4v) is 4.17. The maximum atomic E-state index is 6.14. The van der Waals surface area contributed by atoms with Gasteiger partial charge in [0.2, 0.25) is 0 Å². The Kier molecular flexibility index (Phi) is 4.45. The second-order valence-corrected chi connectivity index (χ2v) is 6.44. The SMILES string of the molecule is ClCc1c(Cl)cccc1OCC1CSc2ccccc21. The molecule has 1 aliphatic rings. The summed E-state index contributed by atoms with van der Waals surface area (Å²) >= 11 is 14.0. The van der Waals surface area contributed by atoms with E-state index in [1.807, 2.05) is 30.0 Å². The number of rotatable bonds is 4. The van der Waals surface area contributed by atoms with E-state index in [0.717, 1.165) is 17.1 Å². The summed E-state index contributed by atoms with van der Waals surface area (Å²) < 4.78 is 5.97. The van der Waals surface area contributed by atoms with Crippen molar-refractivity contribution in [2.24, 2.45) is 0 Å². The van der Waals surface area contributed by atoms with Crippen LogP contribution in [0, 0.1) is 0 Å². The van der Waals surface area contributed by atoms with E-state index in [0.29, 0.717) is 23.4 Å². The Morgan fingerprint density at radius 2 is 2.00 bits per heavy atom. The summed E-state index contributed by atoms with van der Waals surface area (Å²) in [6, 6.07) is 14.2. The molecule has 1 heterocycles. The number of hydrogen-bond acceptors (Lipinski definition) is 2. The summed E-state index contributed by atoms with van der Waals surface area (Å²) in [6.45, 7) is 0.661. The quantitative estimate of drug-likeness (QED) is 0.701. The maximum absolute atomic E-state index is 6.14. The molecule has 4 heteroatoms. The lowest BCUT2D eigenvalue weighted by molar-refractivity contribution is 0.296. The van der Waals surface area contributed by atoms with Crippen molar-refractivity contribution in [3.63, 3.8) is 0 Å². The molecular formula is C16H14Cl2OS. The second-order valence-electron chi connectivity index (χ2n) is 4.71. The summed E-state index contributed by atoms with van der Waals surface area (Å²) in [5.74, 6) is 2.65. The summed E-state index contributed by atoms with van der Waals surface area (Å²) in [5.41, 5.74) is 2.25. The lowest BCUT2D eigenvalue weighted by Crippen LogP contribution is -2.10. The first-order valence-electron chi connectivity index (χ1n) is 6.47. The van der Waals surface area contributed by atoms with Crippen molar-refractivity contribution in [3.05, 3.63) is 58.6 Å². The van der Waals surface area contributed by atoms with Gasteiger partial charge in [0, 0.05) is 27.2 Å². The zero-order valence-electron chi connectivity index (χ0n) is 10.8. The van der Waals surface area contributed by atoms with E-state index in [4.69, 9.17) is 27.9 Å². The molecule has 0 N–H and O–H groups in total. The molecule has 3 rings (SSSR count). The van der Waals surface area contributed by atoms with Gasteiger partial charge in [-0.3, -0.25) is 0 Å². The van der Waals surface area contributed by atoms with Gasteiger partial charge >= 0.3 is 0 Å². The van der Waals surface area contributed by atoms with E-state index >= 15 is 0 Å². The number of thioether (sulfide) groups is 1. The molecule has 20 heavy (non-hydrogen) atoms. The second kappa shape index (κ2) is 6.30. The number of halogens is 2. The van der Waals surface area contributed by atoms with E-state index in [-0.39, 0.29) is 0 Å². The molecule has 1 nitrogen and oxygen atoms in total. The molecule has 0 spiro atoms. The fourth-order valence-electron chi connectivity index (χ4n) is 2.36. The van der Waals surface area contributed by atoms with Gasteiger partial charge in [0.15, 0.2) is 0 Å². The highest BCUT2D eigenvalue weighted by atomic mass is 35.5. The predicted molar refractivity (Wildman–Crippen MR) is 86.4 cm³/mol. The van der Waals surface area contributed by atoms with E-state index in [9.17, 15) is 0 Å². The van der Waals surface area contributed by atoms with Gasteiger partial charge in [0.1, 0.15) is 5.75 Å². The van der Waals surface area contributed by atoms with Crippen molar-refractivity contribution >= 4 is 35.0 Å². The molecule has 1 atom stereocenters. The smallest absolute Gasteiger partial charge is 0.125 e. The van der Waals surface area contributed by atoms with Crippen molar-refractivity contribution in [1.82, 2.24) is 0 Å². The highest BCUT2D eigenvalue weighted by Crippen LogP contribution is 2.39. The predicted octanol–water partition coefficient (Wildman–Crippen LogP) is 5.35. The molecule has 1 unspecified atom stereocenters. The topological polar surface area (TPSA) is 9.23 Å². The first-order valence-corrected chi connectivity index (χ1v) is 8.37. The molecule has 0 saturated carbocycles. The minimum Gasteiger partial charge on any atom is -0.493 e. The van der Waals surface area contributed by atoms with Crippen LogP contribution in [-0.2, 0) is 5.88 Å². The Labute approximate surface area is 133 Å². The van der Waals surface area contributed by atoms with Crippen LogP contribution in [0.15, 0.2) is 47.4 Å². The van der Waals surface area contributed by atoms with E-state index in [1.54, 1.807) is 0 Å². The third-order valence-electron chi connectivity index (χ3n) is 3.45. The Morgan fingerprint density at radius 3 is 2.85 bits per heavy atom. The zero-order chi connectivity index (χ0) is 13.9. The first-order chi connectivity index (χ1) is 9.79. The van der Waals surface area contributed by atoms with Gasteiger partial charge in [0.25, 0.3) is 0 Å². The fraction of sp³-hybridized carbons (Fsp3) is 0.250. The van der Waals surface area contributed by atoms with Gasteiger partial charge in [-0.1, -0.05) is 35.9 Å². The Bertz CT molecular complexity index is 615. The molecule has 0 fully saturated rings. The van der Waals surface area contributed by atoms with Gasteiger partial charge in [-0.05, 0) is 23.8 Å². The molecule has 1 aliphatic heterocycles. The van der Waals surface area contributed by atoms with Crippen LogP contribution in [0.1, 0.15) is 17.0 Å². The Balaban J connectivity index is 1.74. The van der Waals surface area contributed by atoms with Crippen molar-refractivity contribution < 1.29 is 4.74 Å². The highest BCUT2D eigenvalue weighted by molar-refractivity contribution is 7.99. The Morgan fingerprint density at radius 1 is 1.15 bits per heavy atom. The van der Waals surface area contributed by atoms with Crippen LogP contribution in [0.5, 0.6) is 5.75 Å². The molecule has 2 aromatic rings. The van der Waals surface area contributed by atoms with E-state index in [1.165, 1.54) is 10.5 Å². The molecule has 2 aromatic carbocycles. The molecule has 104 valence electrons. The van der Waals surface area contributed by atoms with Crippen LogP contribution in [-0.4, -0.2) is 12.4 Å². The third kappa shape index (κ3) is 2.78. The minimum absolute atomic E-state index is 0.366. The largest absolute Gasteiger partial charge is 0.493 e. The van der Waals surface area contributed by atoms with Crippen molar-refractivity contribution in [2.75, 3.05) is 12.4 Å². The third-order valence-corrected chi connectivity index (χ3v) is 5.32. The monoisotopic (exact) mass is 324 g/mol. The molecule has 0 aromatic heterocycles. The summed E-state index contributed by atoms with van der Waals surface area (Å²) in [4.78, 5) is 1.37. The molecule has 0 amide bonds. The van der Waals surface area contributed by atoms with Gasteiger partial charge < -0.3 is 4.74 Å². The van der Waals surface area contributed by atoms with Crippen LogP contribution in [0.25, 0.3) is 0 Å². The van der Waals surface area contributed by atoms with Crippen LogP contribution in [0.3, 0.4) is 0 Å². The van der Waals surface area contributed by atoms with Crippen LogP contribution in [0.4, 0.5) is 0 Å². The van der Waals surface area contributed by atoms with Gasteiger partial charge in [0.05, 0.1) is 12.5 Å². The number of ether oxygens (including phenoxy) is 1. The van der Waals surface area contributed by atoms with Crippen molar-refractivity contribution in [1.29, 1.82) is 0 Å². The van der Waals surface area contributed by atoms with Crippen LogP contribution in [0.2, 0.25) is 5.02 Å². The maximum Gasteiger partial charge on any atom is 0.125 e. The number of alkyl halides is 1. The number of benzene rings is 2. The molecule has 0 saturated heterocycles. The van der Waals surface area contributed by atoms with Gasteiger partial charge in [-0.2, -0.15) is 0 Å². The van der Waals surface area contributed by atoms with Crippen LogP contribution >= 0.6 is 35.0 Å². The van der Waals surface area contributed by atoms with Gasteiger partial charge in [-0.15, -0.1) is 23.4 Å². The zero-order valence-corrected chi connectivity index (χ0v) is 13.1. The number of fused-ring (bicyclic) bond motifs is 1. The average Bonchev–Trinajstić information content (AvgIpc) is 2.88. The molecular weight excluding hydrogens is 311 g/mol. The molecule has 0 radical (unpaired) electrons. The molecule has 0 aliphatic carbocycles. The van der Waals surface area contributed by atoms with E-state index < -0.39 is 0 Å². The van der Waals surface area contributed by atoms with Gasteiger partial charge in [-0.25, -0.2) is 0 Å². The summed E-state index contributed by atoms with van der Waals surface area (Å²) in [6.07, 6.45) is 0. The summed E-state index contributed by atoms with van der Waals surface area (Å²) in [5, 5.41) is 0.665. The lowest BCUT2D eigenvalue weighted by Gasteiger charge is -2.15. The van der Waals surface area contributed by atoms with E-state index in [2.05, 4.69) is 24.3 Å². The van der Waals surface area contributed by atoms with Crippen LogP contribution < -0.4 is 4.74 Å². The van der Waals surface area contributed by atoms with Crippen molar-refractivity contribution in [2.45, 2.75) is 16.7 Å². The Hall–Kier alpha value is -0.830. The normalized spacial score (nSPS) is 17.0.